The smallest absolute Gasteiger partial charge is 0.193 e. The first-order valence-electron chi connectivity index (χ1n) is 10.6. The molecule has 0 atom stereocenters. The Kier molecular flexibility index (Phi) is 10.3. The van der Waals surface area contributed by atoms with Crippen molar-refractivity contribution in [3.8, 4) is 5.75 Å². The average molecular weight is 538 g/mol. The van der Waals surface area contributed by atoms with Crippen LogP contribution in [0.25, 0.3) is 0 Å². The molecule has 1 aromatic carbocycles. The highest BCUT2D eigenvalue weighted by molar-refractivity contribution is 14.0. The second-order valence-corrected chi connectivity index (χ2v) is 7.65. The van der Waals surface area contributed by atoms with Gasteiger partial charge in [0.1, 0.15) is 11.6 Å². The van der Waals surface area contributed by atoms with Crippen molar-refractivity contribution in [1.29, 1.82) is 0 Å². The number of anilines is 1. The molecule has 7 nitrogen and oxygen atoms in total. The molecular weight excluding hydrogens is 503 g/mol. The van der Waals surface area contributed by atoms with E-state index in [0.29, 0.717) is 13.2 Å². The van der Waals surface area contributed by atoms with Crippen molar-refractivity contribution < 1.29 is 4.74 Å². The first-order chi connectivity index (χ1) is 14.6. The highest BCUT2D eigenvalue weighted by Crippen LogP contribution is 2.15. The predicted octanol–water partition coefficient (Wildman–Crippen LogP) is 3.06. The Hall–Kier alpha value is -2.07. The van der Waals surface area contributed by atoms with E-state index in [0.717, 1.165) is 50.3 Å². The molecule has 1 N–H and O–H groups in total. The summed E-state index contributed by atoms with van der Waals surface area (Å²) in [4.78, 5) is 15.9. The van der Waals surface area contributed by atoms with Crippen LogP contribution >= 0.6 is 24.0 Å². The van der Waals surface area contributed by atoms with Gasteiger partial charge in [-0.15, -0.1) is 24.0 Å². The Balaban J connectivity index is 0.00000341. The number of nitrogens with zero attached hydrogens (tertiary/aromatic N) is 5. The molecule has 1 saturated heterocycles. The fraction of sp³-hybridized carbons (Fsp3) is 0.478. The van der Waals surface area contributed by atoms with Gasteiger partial charge in [0.05, 0.1) is 6.61 Å². The quantitative estimate of drug-likeness (QED) is 0.333. The van der Waals surface area contributed by atoms with E-state index in [1.807, 2.05) is 39.3 Å². The van der Waals surface area contributed by atoms with E-state index in [-0.39, 0.29) is 24.0 Å². The number of aromatic nitrogens is 1. The summed E-state index contributed by atoms with van der Waals surface area (Å²) in [5.41, 5.74) is 2.42. The van der Waals surface area contributed by atoms with Crippen LogP contribution in [0.5, 0.6) is 5.75 Å². The van der Waals surface area contributed by atoms with Gasteiger partial charge in [0, 0.05) is 59.6 Å². The zero-order valence-electron chi connectivity index (χ0n) is 19.0. The van der Waals surface area contributed by atoms with Crippen LogP contribution in [0.3, 0.4) is 0 Å². The van der Waals surface area contributed by atoms with E-state index in [9.17, 15) is 0 Å². The number of aliphatic imine (C=N–C) groups is 1. The number of rotatable bonds is 7. The molecule has 0 amide bonds. The van der Waals surface area contributed by atoms with Gasteiger partial charge in [-0.3, -0.25) is 4.99 Å². The normalized spacial score (nSPS) is 14.7. The molecule has 3 rings (SSSR count). The van der Waals surface area contributed by atoms with Crippen molar-refractivity contribution in [1.82, 2.24) is 20.1 Å². The third-order valence-corrected chi connectivity index (χ3v) is 5.32. The van der Waals surface area contributed by atoms with E-state index >= 15 is 0 Å². The maximum atomic E-state index is 5.52. The van der Waals surface area contributed by atoms with Gasteiger partial charge < -0.3 is 24.8 Å². The molecule has 0 saturated carbocycles. The Labute approximate surface area is 203 Å². The van der Waals surface area contributed by atoms with Crippen LogP contribution in [0.2, 0.25) is 0 Å². The van der Waals surface area contributed by atoms with Crippen molar-refractivity contribution in [3.63, 3.8) is 0 Å². The second-order valence-electron chi connectivity index (χ2n) is 7.65. The number of nitrogens with one attached hydrogen (secondary N) is 1. The monoisotopic (exact) mass is 538 g/mol. The summed E-state index contributed by atoms with van der Waals surface area (Å²) in [5.74, 6) is 2.82. The molecule has 0 unspecified atom stereocenters. The molecule has 2 aromatic rings. The predicted molar refractivity (Wildman–Crippen MR) is 139 cm³/mol. The Bertz CT molecular complexity index is 821. The number of benzene rings is 1. The maximum Gasteiger partial charge on any atom is 0.193 e. The summed E-state index contributed by atoms with van der Waals surface area (Å²) in [6, 6.07) is 12.5. The zero-order chi connectivity index (χ0) is 21.3. The van der Waals surface area contributed by atoms with Gasteiger partial charge in [-0.1, -0.05) is 12.1 Å². The Morgan fingerprint density at radius 3 is 2.48 bits per heavy atom. The summed E-state index contributed by atoms with van der Waals surface area (Å²) in [5, 5.41) is 3.47. The van der Waals surface area contributed by atoms with Gasteiger partial charge >= 0.3 is 0 Å². The fourth-order valence-electron chi connectivity index (χ4n) is 3.55. The highest BCUT2D eigenvalue weighted by Gasteiger charge is 2.15. The SMILES string of the molecule is CCOc1ccc(CN(C)C(=NC)NCc2ccnc(N3CCN(C)CC3)c2)cc1.I. The summed E-state index contributed by atoms with van der Waals surface area (Å²) < 4.78 is 5.52. The molecular formula is C23H35IN6O. The van der Waals surface area contributed by atoms with E-state index in [1.54, 1.807) is 0 Å². The van der Waals surface area contributed by atoms with Gasteiger partial charge in [-0.2, -0.15) is 0 Å². The second kappa shape index (κ2) is 12.7. The summed E-state index contributed by atoms with van der Waals surface area (Å²) >= 11 is 0. The van der Waals surface area contributed by atoms with E-state index in [4.69, 9.17) is 4.74 Å². The molecule has 0 spiro atoms. The molecule has 1 aliphatic heterocycles. The molecule has 0 radical (unpaired) electrons. The minimum Gasteiger partial charge on any atom is -0.494 e. The Morgan fingerprint density at radius 2 is 1.84 bits per heavy atom. The molecule has 8 heteroatoms. The number of piperazine rings is 1. The van der Waals surface area contributed by atoms with Crippen molar-refractivity contribution in [2.45, 2.75) is 20.0 Å². The van der Waals surface area contributed by atoms with E-state index in [1.165, 1.54) is 11.1 Å². The van der Waals surface area contributed by atoms with Crippen LogP contribution in [0.1, 0.15) is 18.1 Å². The topological polar surface area (TPSA) is 56.2 Å². The van der Waals surface area contributed by atoms with Crippen LogP contribution < -0.4 is 15.0 Å². The number of hydrogen-bond donors (Lipinski definition) is 1. The summed E-state index contributed by atoms with van der Waals surface area (Å²) in [7, 11) is 6.04. The van der Waals surface area contributed by atoms with Crippen molar-refractivity contribution in [3.05, 3.63) is 53.7 Å². The minimum absolute atomic E-state index is 0. The van der Waals surface area contributed by atoms with Gasteiger partial charge in [0.25, 0.3) is 0 Å². The molecule has 2 heterocycles. The van der Waals surface area contributed by atoms with Crippen molar-refractivity contribution >= 4 is 35.8 Å². The minimum atomic E-state index is 0. The van der Waals surface area contributed by atoms with Crippen molar-refractivity contribution in [2.24, 2.45) is 4.99 Å². The van der Waals surface area contributed by atoms with Crippen LogP contribution in [0, 0.1) is 0 Å². The van der Waals surface area contributed by atoms with Gasteiger partial charge in [-0.05, 0) is 49.4 Å². The third kappa shape index (κ3) is 7.53. The number of pyridine rings is 1. The number of guanidine groups is 1. The summed E-state index contributed by atoms with van der Waals surface area (Å²) in [6.07, 6.45) is 1.90. The number of halogens is 1. The lowest BCUT2D eigenvalue weighted by Gasteiger charge is -2.33. The molecule has 0 aliphatic carbocycles. The molecule has 170 valence electrons. The van der Waals surface area contributed by atoms with Crippen LogP contribution in [0.15, 0.2) is 47.6 Å². The van der Waals surface area contributed by atoms with E-state index in [2.05, 4.69) is 61.3 Å². The molecule has 0 bridgehead atoms. The zero-order valence-corrected chi connectivity index (χ0v) is 21.4. The standard InChI is InChI=1S/C23H34N6O.HI/c1-5-30-21-8-6-19(7-9-21)18-28(4)23(24-2)26-17-20-10-11-25-22(16-20)29-14-12-27(3)13-15-29;/h6-11,16H,5,12-15,17-18H2,1-4H3,(H,24,26);1H. The lowest BCUT2D eigenvalue weighted by atomic mass is 10.2. The summed E-state index contributed by atoms with van der Waals surface area (Å²) in [6.45, 7) is 8.36. The molecule has 1 aromatic heterocycles. The van der Waals surface area contributed by atoms with Crippen LogP contribution in [-0.4, -0.2) is 74.7 Å². The lowest BCUT2D eigenvalue weighted by Crippen LogP contribution is -2.44. The van der Waals surface area contributed by atoms with E-state index < -0.39 is 0 Å². The molecule has 1 fully saturated rings. The van der Waals surface area contributed by atoms with Crippen LogP contribution in [-0.2, 0) is 13.1 Å². The maximum absolute atomic E-state index is 5.52. The highest BCUT2D eigenvalue weighted by atomic mass is 127. The van der Waals surface area contributed by atoms with Gasteiger partial charge in [0.15, 0.2) is 5.96 Å². The fourth-order valence-corrected chi connectivity index (χ4v) is 3.55. The number of likely N-dealkylation sites (N-methyl/N-ethyl adjacent to an activating group) is 1. The number of hydrogen-bond acceptors (Lipinski definition) is 5. The van der Waals surface area contributed by atoms with Gasteiger partial charge in [-0.25, -0.2) is 4.98 Å². The first-order valence-corrected chi connectivity index (χ1v) is 10.6. The molecule has 1 aliphatic rings. The third-order valence-electron chi connectivity index (χ3n) is 5.32. The van der Waals surface area contributed by atoms with Crippen LogP contribution in [0.4, 0.5) is 5.82 Å². The van der Waals surface area contributed by atoms with Crippen molar-refractivity contribution in [2.75, 3.05) is 58.8 Å². The van der Waals surface area contributed by atoms with Gasteiger partial charge in [0.2, 0.25) is 0 Å². The number of ether oxygens (including phenoxy) is 1. The largest absolute Gasteiger partial charge is 0.494 e. The molecule has 31 heavy (non-hydrogen) atoms. The Morgan fingerprint density at radius 1 is 1.13 bits per heavy atom. The lowest BCUT2D eigenvalue weighted by molar-refractivity contribution is 0.312. The average Bonchev–Trinajstić information content (AvgIpc) is 2.76. The first kappa shape index (κ1) is 25.2.